The highest BCUT2D eigenvalue weighted by atomic mass is 19.1. The van der Waals surface area contributed by atoms with Crippen molar-refractivity contribution in [3.8, 4) is 0 Å². The van der Waals surface area contributed by atoms with E-state index in [2.05, 4.69) is 10.6 Å². The summed E-state index contributed by atoms with van der Waals surface area (Å²) < 4.78 is 13.1. The Morgan fingerprint density at radius 2 is 2.33 bits per heavy atom. The Morgan fingerprint density at radius 1 is 1.48 bits per heavy atom. The van der Waals surface area contributed by atoms with E-state index in [4.69, 9.17) is 0 Å². The molecule has 21 heavy (non-hydrogen) atoms. The maximum Gasteiger partial charge on any atom is 0.320 e. The SMILES string of the molecule is O=C(CN1CC2CNCCN2C1=O)Nc1cccc(F)c1. The summed E-state index contributed by atoms with van der Waals surface area (Å²) in [5.74, 6) is -0.727. The Labute approximate surface area is 121 Å². The van der Waals surface area contributed by atoms with Gasteiger partial charge >= 0.3 is 6.03 Å². The van der Waals surface area contributed by atoms with Crippen molar-refractivity contribution < 1.29 is 14.0 Å². The minimum atomic E-state index is -0.409. The van der Waals surface area contributed by atoms with Crippen molar-refractivity contribution in [2.45, 2.75) is 6.04 Å². The largest absolute Gasteiger partial charge is 0.324 e. The lowest BCUT2D eigenvalue weighted by molar-refractivity contribution is -0.116. The highest BCUT2D eigenvalue weighted by Crippen LogP contribution is 2.17. The average molecular weight is 292 g/mol. The number of hydrogen-bond donors (Lipinski definition) is 2. The van der Waals surface area contributed by atoms with Gasteiger partial charge in [-0.15, -0.1) is 0 Å². The van der Waals surface area contributed by atoms with Gasteiger partial charge in [-0.1, -0.05) is 6.07 Å². The lowest BCUT2D eigenvalue weighted by Crippen LogP contribution is -2.49. The lowest BCUT2D eigenvalue weighted by Gasteiger charge is -2.28. The predicted octanol–water partition coefficient (Wildman–Crippen LogP) is 0.474. The molecule has 0 radical (unpaired) electrons. The smallest absolute Gasteiger partial charge is 0.320 e. The van der Waals surface area contributed by atoms with Crippen molar-refractivity contribution in [2.24, 2.45) is 0 Å². The molecule has 112 valence electrons. The van der Waals surface area contributed by atoms with Crippen molar-refractivity contribution in [1.29, 1.82) is 0 Å². The van der Waals surface area contributed by atoms with E-state index in [1.165, 1.54) is 23.1 Å². The zero-order chi connectivity index (χ0) is 14.8. The highest BCUT2D eigenvalue weighted by molar-refractivity contribution is 5.94. The highest BCUT2D eigenvalue weighted by Gasteiger charge is 2.38. The van der Waals surface area contributed by atoms with E-state index in [0.717, 1.165) is 13.1 Å². The van der Waals surface area contributed by atoms with E-state index in [9.17, 15) is 14.0 Å². The van der Waals surface area contributed by atoms with E-state index < -0.39 is 5.82 Å². The second-order valence-electron chi connectivity index (χ2n) is 5.27. The second-order valence-corrected chi connectivity index (χ2v) is 5.27. The van der Waals surface area contributed by atoms with Gasteiger partial charge in [-0.3, -0.25) is 4.79 Å². The molecular formula is C14H17FN4O2. The number of rotatable bonds is 3. The maximum atomic E-state index is 13.1. The molecule has 1 aromatic carbocycles. The Morgan fingerprint density at radius 3 is 3.10 bits per heavy atom. The molecule has 1 atom stereocenters. The van der Waals surface area contributed by atoms with Crippen LogP contribution in [0.25, 0.3) is 0 Å². The third-order valence-electron chi connectivity index (χ3n) is 3.74. The van der Waals surface area contributed by atoms with Crippen LogP contribution in [0.3, 0.4) is 0 Å². The van der Waals surface area contributed by atoms with Crippen molar-refractivity contribution >= 4 is 17.6 Å². The van der Waals surface area contributed by atoms with Crippen LogP contribution in [-0.2, 0) is 4.79 Å². The second kappa shape index (κ2) is 5.69. The van der Waals surface area contributed by atoms with Crippen molar-refractivity contribution in [2.75, 3.05) is 38.0 Å². The monoisotopic (exact) mass is 292 g/mol. The molecule has 3 amide bonds. The van der Waals surface area contributed by atoms with Crippen molar-refractivity contribution in [3.63, 3.8) is 0 Å². The first-order valence-corrected chi connectivity index (χ1v) is 6.95. The van der Waals surface area contributed by atoms with E-state index in [1.807, 2.05) is 0 Å². The summed E-state index contributed by atoms with van der Waals surface area (Å²) in [6.07, 6.45) is 0. The first-order chi connectivity index (χ1) is 10.1. The number of fused-ring (bicyclic) bond motifs is 1. The molecule has 7 heteroatoms. The number of piperazine rings is 1. The molecular weight excluding hydrogens is 275 g/mol. The fraction of sp³-hybridized carbons (Fsp3) is 0.429. The van der Waals surface area contributed by atoms with Crippen LogP contribution in [-0.4, -0.2) is 60.5 Å². The van der Waals surface area contributed by atoms with Gasteiger partial charge in [0.15, 0.2) is 0 Å². The van der Waals surface area contributed by atoms with Gasteiger partial charge in [-0.25, -0.2) is 9.18 Å². The number of amides is 3. The molecule has 1 aromatic rings. The van der Waals surface area contributed by atoms with Gasteiger partial charge < -0.3 is 20.4 Å². The molecule has 2 heterocycles. The summed E-state index contributed by atoms with van der Waals surface area (Å²) in [6, 6.07) is 5.73. The average Bonchev–Trinajstić information content (AvgIpc) is 2.76. The molecule has 1 unspecified atom stereocenters. The summed E-state index contributed by atoms with van der Waals surface area (Å²) in [5, 5.41) is 5.84. The van der Waals surface area contributed by atoms with Gasteiger partial charge in [0.2, 0.25) is 5.91 Å². The third kappa shape index (κ3) is 2.97. The Kier molecular flexibility index (Phi) is 3.74. The predicted molar refractivity (Wildman–Crippen MR) is 75.4 cm³/mol. The summed E-state index contributed by atoms with van der Waals surface area (Å²) in [4.78, 5) is 27.5. The van der Waals surface area contributed by atoms with Gasteiger partial charge in [0.05, 0.1) is 6.04 Å². The van der Waals surface area contributed by atoms with E-state index in [-0.39, 0.29) is 24.5 Å². The van der Waals surface area contributed by atoms with Crippen LogP contribution < -0.4 is 10.6 Å². The Balaban J connectivity index is 1.59. The Bertz CT molecular complexity index is 566. The lowest BCUT2D eigenvalue weighted by atomic mass is 10.2. The zero-order valence-corrected chi connectivity index (χ0v) is 11.5. The number of anilines is 1. The van der Waals surface area contributed by atoms with Crippen LogP contribution in [0.1, 0.15) is 0 Å². The summed E-state index contributed by atoms with van der Waals surface area (Å²) in [5.41, 5.74) is 0.394. The molecule has 0 spiro atoms. The van der Waals surface area contributed by atoms with Gasteiger partial charge in [-0.05, 0) is 18.2 Å². The first-order valence-electron chi connectivity index (χ1n) is 6.95. The normalized spacial score (nSPS) is 21.4. The molecule has 0 aliphatic carbocycles. The molecule has 2 aliphatic heterocycles. The molecule has 0 aromatic heterocycles. The molecule has 3 rings (SSSR count). The van der Waals surface area contributed by atoms with Crippen LogP contribution in [0, 0.1) is 5.82 Å². The van der Waals surface area contributed by atoms with Gasteiger partial charge in [0.1, 0.15) is 12.4 Å². The van der Waals surface area contributed by atoms with E-state index in [1.54, 1.807) is 11.0 Å². The van der Waals surface area contributed by atoms with Gasteiger partial charge in [-0.2, -0.15) is 0 Å². The molecule has 2 fully saturated rings. The molecule has 0 bridgehead atoms. The van der Waals surface area contributed by atoms with Crippen LogP contribution in [0.15, 0.2) is 24.3 Å². The fourth-order valence-electron chi connectivity index (χ4n) is 2.76. The molecule has 2 aliphatic rings. The number of halogens is 1. The summed E-state index contributed by atoms with van der Waals surface area (Å²) in [6.45, 7) is 2.75. The molecule has 0 saturated carbocycles. The van der Waals surface area contributed by atoms with Gasteiger partial charge in [0.25, 0.3) is 0 Å². The van der Waals surface area contributed by atoms with E-state index in [0.29, 0.717) is 18.8 Å². The molecule has 2 saturated heterocycles. The van der Waals surface area contributed by atoms with E-state index >= 15 is 0 Å². The number of urea groups is 1. The van der Waals surface area contributed by atoms with Crippen LogP contribution in [0.2, 0.25) is 0 Å². The minimum Gasteiger partial charge on any atom is -0.324 e. The number of nitrogens with one attached hydrogen (secondary N) is 2. The Hall–Kier alpha value is -2.15. The van der Waals surface area contributed by atoms with Crippen LogP contribution >= 0.6 is 0 Å². The number of carbonyl (C=O) groups is 2. The number of benzene rings is 1. The topological polar surface area (TPSA) is 64.7 Å². The number of carbonyl (C=O) groups excluding carboxylic acids is 2. The number of hydrogen-bond acceptors (Lipinski definition) is 3. The molecule has 2 N–H and O–H groups in total. The van der Waals surface area contributed by atoms with Gasteiger partial charge in [0, 0.05) is 31.9 Å². The molecule has 6 nitrogen and oxygen atoms in total. The first kappa shape index (κ1) is 13.8. The minimum absolute atomic E-state index is 0.0116. The summed E-state index contributed by atoms with van der Waals surface area (Å²) >= 11 is 0. The fourth-order valence-corrected chi connectivity index (χ4v) is 2.76. The van der Waals surface area contributed by atoms with Crippen LogP contribution in [0.4, 0.5) is 14.9 Å². The number of nitrogens with zero attached hydrogens (tertiary/aromatic N) is 2. The quantitative estimate of drug-likeness (QED) is 0.851. The van der Waals surface area contributed by atoms with Crippen LogP contribution in [0.5, 0.6) is 0 Å². The van der Waals surface area contributed by atoms with Crippen molar-refractivity contribution in [1.82, 2.24) is 15.1 Å². The van der Waals surface area contributed by atoms with Crippen molar-refractivity contribution in [3.05, 3.63) is 30.1 Å². The third-order valence-corrected chi connectivity index (χ3v) is 3.74. The standard InChI is InChI=1S/C14H17FN4O2/c15-10-2-1-3-11(6-10)17-13(20)9-18-8-12-7-16-4-5-19(12)14(18)21/h1-3,6,12,16H,4-5,7-9H2,(H,17,20). The zero-order valence-electron chi connectivity index (χ0n) is 11.5. The maximum absolute atomic E-state index is 13.1. The summed E-state index contributed by atoms with van der Waals surface area (Å²) in [7, 11) is 0.